The predicted octanol–water partition coefficient (Wildman–Crippen LogP) is 3.16. The van der Waals surface area contributed by atoms with E-state index in [0.717, 1.165) is 19.0 Å². The summed E-state index contributed by atoms with van der Waals surface area (Å²) in [5, 5.41) is 3.52. The van der Waals surface area contributed by atoms with Crippen molar-refractivity contribution >= 4 is 0 Å². The summed E-state index contributed by atoms with van der Waals surface area (Å²) in [4.78, 5) is 0. The maximum absolute atomic E-state index is 5.43. The Morgan fingerprint density at radius 1 is 1.06 bits per heavy atom. The van der Waals surface area contributed by atoms with Gasteiger partial charge in [-0.15, -0.1) is 0 Å². The summed E-state index contributed by atoms with van der Waals surface area (Å²) in [5.41, 5.74) is 1.27. The van der Waals surface area contributed by atoms with E-state index in [2.05, 4.69) is 31.3 Å². The molecule has 0 heterocycles. The van der Waals surface area contributed by atoms with Crippen LogP contribution in [0.5, 0.6) is 5.75 Å². The largest absolute Gasteiger partial charge is 0.494 e. The average Bonchev–Trinajstić information content (AvgIpc) is 2.37. The second-order valence-corrected chi connectivity index (χ2v) is 4.45. The Labute approximate surface area is 110 Å². The van der Waals surface area contributed by atoms with E-state index >= 15 is 0 Å². The molecule has 2 unspecified atom stereocenters. The van der Waals surface area contributed by atoms with Gasteiger partial charge in [0, 0.05) is 18.7 Å². The van der Waals surface area contributed by atoms with Crippen LogP contribution in [-0.4, -0.2) is 25.9 Å². The van der Waals surface area contributed by atoms with Crippen molar-refractivity contribution in [2.45, 2.75) is 39.8 Å². The number of benzene rings is 1. The SMILES string of the molecule is CCOCC(C)NC(C)c1ccc(OCC)cc1. The molecular weight excluding hydrogens is 226 g/mol. The number of nitrogens with one attached hydrogen (secondary N) is 1. The molecule has 0 aromatic heterocycles. The highest BCUT2D eigenvalue weighted by Crippen LogP contribution is 2.18. The lowest BCUT2D eigenvalue weighted by Gasteiger charge is -2.20. The number of hydrogen-bond acceptors (Lipinski definition) is 3. The molecule has 0 aliphatic heterocycles. The Morgan fingerprint density at radius 3 is 2.28 bits per heavy atom. The summed E-state index contributed by atoms with van der Waals surface area (Å²) in [5.74, 6) is 0.927. The van der Waals surface area contributed by atoms with E-state index in [0.29, 0.717) is 18.7 Å². The van der Waals surface area contributed by atoms with E-state index < -0.39 is 0 Å². The van der Waals surface area contributed by atoms with Crippen LogP contribution >= 0.6 is 0 Å². The lowest BCUT2D eigenvalue weighted by Crippen LogP contribution is -2.32. The molecule has 0 aliphatic rings. The van der Waals surface area contributed by atoms with Gasteiger partial charge in [-0.2, -0.15) is 0 Å². The highest BCUT2D eigenvalue weighted by molar-refractivity contribution is 5.28. The third-order valence-electron chi connectivity index (χ3n) is 2.80. The van der Waals surface area contributed by atoms with E-state index in [9.17, 15) is 0 Å². The number of rotatable bonds is 8. The highest BCUT2D eigenvalue weighted by atomic mass is 16.5. The molecule has 0 radical (unpaired) electrons. The summed E-state index contributed by atoms with van der Waals surface area (Å²) in [7, 11) is 0. The van der Waals surface area contributed by atoms with Crippen LogP contribution in [-0.2, 0) is 4.74 Å². The predicted molar refractivity (Wildman–Crippen MR) is 75.1 cm³/mol. The minimum Gasteiger partial charge on any atom is -0.494 e. The van der Waals surface area contributed by atoms with Gasteiger partial charge < -0.3 is 14.8 Å². The summed E-state index contributed by atoms with van der Waals surface area (Å²) in [6, 6.07) is 8.92. The summed E-state index contributed by atoms with van der Waals surface area (Å²) < 4.78 is 10.8. The van der Waals surface area contributed by atoms with Gasteiger partial charge in [0.2, 0.25) is 0 Å². The van der Waals surface area contributed by atoms with E-state index in [1.807, 2.05) is 26.0 Å². The van der Waals surface area contributed by atoms with Crippen molar-refractivity contribution in [1.29, 1.82) is 0 Å². The van der Waals surface area contributed by atoms with Crippen LogP contribution in [0.1, 0.15) is 39.3 Å². The van der Waals surface area contributed by atoms with Gasteiger partial charge in [-0.25, -0.2) is 0 Å². The second kappa shape index (κ2) is 8.11. The fraction of sp³-hybridized carbons (Fsp3) is 0.600. The molecule has 0 saturated carbocycles. The maximum Gasteiger partial charge on any atom is 0.119 e. The smallest absolute Gasteiger partial charge is 0.119 e. The van der Waals surface area contributed by atoms with Crippen LogP contribution in [0, 0.1) is 0 Å². The first-order valence-corrected chi connectivity index (χ1v) is 6.73. The van der Waals surface area contributed by atoms with Crippen LogP contribution in [0.2, 0.25) is 0 Å². The van der Waals surface area contributed by atoms with E-state index in [1.54, 1.807) is 0 Å². The normalized spacial score (nSPS) is 14.2. The third kappa shape index (κ3) is 5.07. The number of ether oxygens (including phenoxy) is 2. The van der Waals surface area contributed by atoms with Crippen molar-refractivity contribution in [3.8, 4) is 5.75 Å². The van der Waals surface area contributed by atoms with Gasteiger partial charge in [0.05, 0.1) is 13.2 Å². The molecule has 1 N–H and O–H groups in total. The van der Waals surface area contributed by atoms with Crippen LogP contribution in [0.15, 0.2) is 24.3 Å². The van der Waals surface area contributed by atoms with Crippen molar-refractivity contribution in [3.05, 3.63) is 29.8 Å². The fourth-order valence-corrected chi connectivity index (χ4v) is 1.89. The van der Waals surface area contributed by atoms with E-state index in [4.69, 9.17) is 9.47 Å². The zero-order valence-corrected chi connectivity index (χ0v) is 11.9. The standard InChI is InChI=1S/C15H25NO2/c1-5-17-11-12(3)16-13(4)14-7-9-15(10-8-14)18-6-2/h7-10,12-13,16H,5-6,11H2,1-4H3. The van der Waals surface area contributed by atoms with Gasteiger partial charge in [-0.05, 0) is 45.4 Å². The zero-order valence-electron chi connectivity index (χ0n) is 11.9. The Bertz CT molecular complexity index is 324. The molecule has 0 fully saturated rings. The molecule has 0 bridgehead atoms. The molecule has 1 aromatic rings. The zero-order chi connectivity index (χ0) is 13.4. The van der Waals surface area contributed by atoms with Crippen LogP contribution in [0.4, 0.5) is 0 Å². The third-order valence-corrected chi connectivity index (χ3v) is 2.80. The quantitative estimate of drug-likeness (QED) is 0.770. The summed E-state index contributed by atoms with van der Waals surface area (Å²) in [6.07, 6.45) is 0. The van der Waals surface area contributed by atoms with Crippen LogP contribution in [0.3, 0.4) is 0 Å². The molecule has 0 aliphatic carbocycles. The molecule has 0 amide bonds. The molecule has 1 rings (SSSR count). The Balaban J connectivity index is 2.47. The van der Waals surface area contributed by atoms with Crippen molar-refractivity contribution < 1.29 is 9.47 Å². The Morgan fingerprint density at radius 2 is 1.72 bits per heavy atom. The first-order chi connectivity index (χ1) is 8.67. The Hall–Kier alpha value is -1.06. The van der Waals surface area contributed by atoms with Crippen molar-refractivity contribution in [1.82, 2.24) is 5.32 Å². The van der Waals surface area contributed by atoms with Gasteiger partial charge in [0.1, 0.15) is 5.75 Å². The first-order valence-electron chi connectivity index (χ1n) is 6.73. The molecule has 0 spiro atoms. The van der Waals surface area contributed by atoms with Gasteiger partial charge in [-0.3, -0.25) is 0 Å². The highest BCUT2D eigenvalue weighted by Gasteiger charge is 2.09. The monoisotopic (exact) mass is 251 g/mol. The van der Waals surface area contributed by atoms with E-state index in [-0.39, 0.29) is 0 Å². The van der Waals surface area contributed by atoms with Gasteiger partial charge in [0.25, 0.3) is 0 Å². The molecule has 18 heavy (non-hydrogen) atoms. The van der Waals surface area contributed by atoms with Crippen LogP contribution in [0.25, 0.3) is 0 Å². The fourth-order valence-electron chi connectivity index (χ4n) is 1.89. The Kier molecular flexibility index (Phi) is 6.76. The summed E-state index contributed by atoms with van der Waals surface area (Å²) in [6.45, 7) is 10.5. The molecule has 3 nitrogen and oxygen atoms in total. The summed E-state index contributed by atoms with van der Waals surface area (Å²) >= 11 is 0. The van der Waals surface area contributed by atoms with Gasteiger partial charge in [-0.1, -0.05) is 12.1 Å². The molecule has 102 valence electrons. The molecule has 1 aromatic carbocycles. The first kappa shape index (κ1) is 15.0. The van der Waals surface area contributed by atoms with Crippen molar-refractivity contribution in [2.75, 3.05) is 19.8 Å². The van der Waals surface area contributed by atoms with Crippen LogP contribution < -0.4 is 10.1 Å². The average molecular weight is 251 g/mol. The van der Waals surface area contributed by atoms with Gasteiger partial charge >= 0.3 is 0 Å². The maximum atomic E-state index is 5.43. The van der Waals surface area contributed by atoms with Crippen molar-refractivity contribution in [3.63, 3.8) is 0 Å². The number of hydrogen-bond donors (Lipinski definition) is 1. The van der Waals surface area contributed by atoms with Gasteiger partial charge in [0.15, 0.2) is 0 Å². The minimum absolute atomic E-state index is 0.316. The second-order valence-electron chi connectivity index (χ2n) is 4.45. The lowest BCUT2D eigenvalue weighted by atomic mass is 10.1. The van der Waals surface area contributed by atoms with Crippen molar-refractivity contribution in [2.24, 2.45) is 0 Å². The molecule has 2 atom stereocenters. The molecule has 0 saturated heterocycles. The minimum atomic E-state index is 0.316. The molecular formula is C15H25NO2. The van der Waals surface area contributed by atoms with E-state index in [1.165, 1.54) is 5.56 Å². The topological polar surface area (TPSA) is 30.5 Å². The lowest BCUT2D eigenvalue weighted by molar-refractivity contribution is 0.124. The molecule has 3 heteroatoms.